The second-order valence-corrected chi connectivity index (χ2v) is 4.97. The van der Waals surface area contributed by atoms with Gasteiger partial charge in [0.15, 0.2) is 5.82 Å². The van der Waals surface area contributed by atoms with Crippen LogP contribution in [-0.4, -0.2) is 13.6 Å². The molecule has 2 aromatic rings. The van der Waals surface area contributed by atoms with E-state index in [-0.39, 0.29) is 16.6 Å². The molecule has 0 fully saturated rings. The molecule has 0 aliphatic heterocycles. The zero-order valence-corrected chi connectivity index (χ0v) is 9.44. The number of sulfonamides is 1. The number of aromatic nitrogens is 1. The third-order valence-corrected chi connectivity index (χ3v) is 3.33. The summed E-state index contributed by atoms with van der Waals surface area (Å²) in [7, 11) is -3.70. The van der Waals surface area contributed by atoms with Gasteiger partial charge < -0.3 is 16.0 Å². The molecule has 90 valence electrons. The van der Waals surface area contributed by atoms with Gasteiger partial charge >= 0.3 is 0 Å². The Labute approximate surface area is 97.4 Å². The van der Waals surface area contributed by atoms with Crippen LogP contribution in [0.5, 0.6) is 0 Å². The number of anilines is 3. The second-order valence-electron chi connectivity index (χ2n) is 3.29. The van der Waals surface area contributed by atoms with Crippen molar-refractivity contribution in [3.05, 3.63) is 30.3 Å². The molecule has 0 saturated heterocycles. The van der Waals surface area contributed by atoms with Gasteiger partial charge in [-0.1, -0.05) is 5.16 Å². The van der Waals surface area contributed by atoms with E-state index in [1.165, 1.54) is 30.3 Å². The number of hydrogen-bond acceptors (Lipinski definition) is 6. The maximum absolute atomic E-state index is 11.8. The van der Waals surface area contributed by atoms with Crippen molar-refractivity contribution in [3.8, 4) is 0 Å². The molecule has 5 N–H and O–H groups in total. The van der Waals surface area contributed by atoms with Crippen molar-refractivity contribution in [1.29, 1.82) is 0 Å². The Morgan fingerprint density at radius 3 is 2.35 bits per heavy atom. The first-order valence-corrected chi connectivity index (χ1v) is 6.06. The molecule has 0 aliphatic carbocycles. The Balaban J connectivity index is 2.28. The van der Waals surface area contributed by atoms with E-state index in [0.717, 1.165) is 0 Å². The van der Waals surface area contributed by atoms with Crippen LogP contribution in [0.4, 0.5) is 17.4 Å². The maximum Gasteiger partial charge on any atom is 0.263 e. The number of hydrogen-bond donors (Lipinski definition) is 3. The van der Waals surface area contributed by atoms with Gasteiger partial charge in [0.05, 0.1) is 4.90 Å². The number of nitrogens with zero attached hydrogens (tertiary/aromatic N) is 1. The quantitative estimate of drug-likeness (QED) is 0.690. The largest absolute Gasteiger partial charge is 0.399 e. The molecule has 1 heterocycles. The minimum absolute atomic E-state index is 0.0272. The van der Waals surface area contributed by atoms with Crippen LogP contribution in [0.3, 0.4) is 0 Å². The summed E-state index contributed by atoms with van der Waals surface area (Å²) >= 11 is 0. The highest BCUT2D eigenvalue weighted by atomic mass is 32.2. The maximum atomic E-state index is 11.8. The number of nitrogens with one attached hydrogen (secondary N) is 1. The first-order valence-electron chi connectivity index (χ1n) is 4.58. The van der Waals surface area contributed by atoms with Crippen LogP contribution in [0.2, 0.25) is 0 Å². The summed E-state index contributed by atoms with van der Waals surface area (Å²) in [4.78, 5) is 0.0771. The zero-order chi connectivity index (χ0) is 12.5. The molecule has 0 bridgehead atoms. The summed E-state index contributed by atoms with van der Waals surface area (Å²) in [5.74, 6) is 0.0549. The van der Waals surface area contributed by atoms with E-state index in [1.54, 1.807) is 0 Å². The van der Waals surface area contributed by atoms with Crippen LogP contribution in [0.25, 0.3) is 0 Å². The normalized spacial score (nSPS) is 11.3. The molecule has 1 aromatic carbocycles. The molecule has 1 aromatic heterocycles. The van der Waals surface area contributed by atoms with Gasteiger partial charge in [-0.15, -0.1) is 0 Å². The fourth-order valence-electron chi connectivity index (χ4n) is 1.18. The van der Waals surface area contributed by atoms with E-state index in [4.69, 9.17) is 11.5 Å². The lowest BCUT2D eigenvalue weighted by Gasteiger charge is -2.04. The molecule has 0 atom stereocenters. The van der Waals surface area contributed by atoms with E-state index < -0.39 is 10.0 Å². The second kappa shape index (κ2) is 3.98. The Hall–Kier alpha value is -2.22. The predicted molar refractivity (Wildman–Crippen MR) is 62.6 cm³/mol. The standard InChI is InChI=1S/C9H10N4O3S/c10-6-1-3-7(4-2-6)17(14,15)13-9-5-8(11)16-12-9/h1-5H,10-11H2,(H,12,13). The average Bonchev–Trinajstić information content (AvgIpc) is 2.63. The Morgan fingerprint density at radius 2 is 1.82 bits per heavy atom. The van der Waals surface area contributed by atoms with Gasteiger partial charge in [0.2, 0.25) is 5.88 Å². The van der Waals surface area contributed by atoms with Crippen molar-refractivity contribution in [2.24, 2.45) is 0 Å². The zero-order valence-electron chi connectivity index (χ0n) is 8.62. The van der Waals surface area contributed by atoms with Crippen LogP contribution in [0.1, 0.15) is 0 Å². The van der Waals surface area contributed by atoms with Crippen LogP contribution >= 0.6 is 0 Å². The fourth-order valence-corrected chi connectivity index (χ4v) is 2.16. The molecule has 7 nitrogen and oxygen atoms in total. The third-order valence-electron chi connectivity index (χ3n) is 1.96. The highest BCUT2D eigenvalue weighted by Gasteiger charge is 2.15. The van der Waals surface area contributed by atoms with Crippen molar-refractivity contribution in [2.45, 2.75) is 4.90 Å². The predicted octanol–water partition coefficient (Wildman–Crippen LogP) is 0.640. The summed E-state index contributed by atoms with van der Waals surface area (Å²) in [6, 6.07) is 7.04. The fraction of sp³-hybridized carbons (Fsp3) is 0. The van der Waals surface area contributed by atoms with E-state index in [0.29, 0.717) is 5.69 Å². The Morgan fingerprint density at radius 1 is 1.18 bits per heavy atom. The van der Waals surface area contributed by atoms with Crippen LogP contribution < -0.4 is 16.2 Å². The molecule has 8 heteroatoms. The van der Waals surface area contributed by atoms with Crippen molar-refractivity contribution >= 4 is 27.4 Å². The number of benzene rings is 1. The molecular formula is C9H10N4O3S. The highest BCUT2D eigenvalue weighted by molar-refractivity contribution is 7.92. The molecular weight excluding hydrogens is 244 g/mol. The van der Waals surface area contributed by atoms with E-state index in [9.17, 15) is 8.42 Å². The smallest absolute Gasteiger partial charge is 0.263 e. The molecule has 0 spiro atoms. The highest BCUT2D eigenvalue weighted by Crippen LogP contribution is 2.17. The topological polar surface area (TPSA) is 124 Å². The Kier molecular flexibility index (Phi) is 2.64. The molecule has 17 heavy (non-hydrogen) atoms. The monoisotopic (exact) mass is 254 g/mol. The summed E-state index contributed by atoms with van der Waals surface area (Å²) in [5, 5.41) is 3.43. The van der Waals surface area contributed by atoms with Crippen molar-refractivity contribution in [3.63, 3.8) is 0 Å². The molecule has 0 unspecified atom stereocenters. The summed E-state index contributed by atoms with van der Waals surface area (Å²) in [6.45, 7) is 0. The van der Waals surface area contributed by atoms with Gasteiger partial charge in [0, 0.05) is 11.8 Å². The number of nitrogen functional groups attached to an aromatic ring is 2. The first-order chi connectivity index (χ1) is 7.97. The molecule has 0 amide bonds. The van der Waals surface area contributed by atoms with Crippen molar-refractivity contribution in [2.75, 3.05) is 16.2 Å². The van der Waals surface area contributed by atoms with Gasteiger partial charge in [0.25, 0.3) is 10.0 Å². The lowest BCUT2D eigenvalue weighted by atomic mass is 10.3. The van der Waals surface area contributed by atoms with Crippen molar-refractivity contribution < 1.29 is 12.9 Å². The van der Waals surface area contributed by atoms with Gasteiger partial charge in [-0.05, 0) is 24.3 Å². The third kappa shape index (κ3) is 2.48. The van der Waals surface area contributed by atoms with Gasteiger partial charge in [-0.3, -0.25) is 4.72 Å². The van der Waals surface area contributed by atoms with E-state index in [1.807, 2.05) is 0 Å². The first kappa shape index (κ1) is 11.3. The van der Waals surface area contributed by atoms with E-state index in [2.05, 4.69) is 14.4 Å². The average molecular weight is 254 g/mol. The summed E-state index contributed by atoms with van der Waals surface area (Å²) in [6.07, 6.45) is 0. The molecule has 2 rings (SSSR count). The molecule has 0 saturated carbocycles. The molecule has 0 aliphatic rings. The number of rotatable bonds is 3. The SMILES string of the molecule is Nc1ccc(S(=O)(=O)Nc2cc(N)on2)cc1. The minimum atomic E-state index is -3.70. The summed E-state index contributed by atoms with van der Waals surface area (Å²) < 4.78 is 30.5. The van der Waals surface area contributed by atoms with Crippen molar-refractivity contribution in [1.82, 2.24) is 5.16 Å². The Bertz CT molecular complexity index is 618. The summed E-state index contributed by atoms with van der Waals surface area (Å²) in [5.41, 5.74) is 11.2. The minimum Gasteiger partial charge on any atom is -0.399 e. The van der Waals surface area contributed by atoms with Crippen LogP contribution in [-0.2, 0) is 10.0 Å². The molecule has 0 radical (unpaired) electrons. The lowest BCUT2D eigenvalue weighted by molar-refractivity contribution is 0.440. The van der Waals surface area contributed by atoms with Crippen LogP contribution in [0.15, 0.2) is 39.8 Å². The van der Waals surface area contributed by atoms with E-state index >= 15 is 0 Å². The van der Waals surface area contributed by atoms with Gasteiger partial charge in [0.1, 0.15) is 0 Å². The van der Waals surface area contributed by atoms with Gasteiger partial charge in [-0.2, -0.15) is 0 Å². The number of nitrogens with two attached hydrogens (primary N) is 2. The van der Waals surface area contributed by atoms with Crippen LogP contribution in [0, 0.1) is 0 Å². The van der Waals surface area contributed by atoms with Gasteiger partial charge in [-0.25, -0.2) is 8.42 Å². The lowest BCUT2D eigenvalue weighted by Crippen LogP contribution is -2.13.